The number of carbonyl (C=O) groups is 1. The molecule has 3 rings (SSSR count). The Hall–Kier alpha value is -3.75. The highest BCUT2D eigenvalue weighted by Crippen LogP contribution is 2.28. The van der Waals surface area contributed by atoms with E-state index in [0.29, 0.717) is 5.65 Å². The predicted octanol–water partition coefficient (Wildman–Crippen LogP) is 2.67. The van der Waals surface area contributed by atoms with E-state index in [1.807, 2.05) is 13.0 Å². The summed E-state index contributed by atoms with van der Waals surface area (Å²) >= 11 is 0. The summed E-state index contributed by atoms with van der Waals surface area (Å²) in [6, 6.07) is 8.61. The standard InChI is InChI=1S/C19H17N3O6/c1-3-27-16-6-5-13(8-15(16)22(25)26)19(24)28-11-14-9-18(23)21-10-12(2)4-7-17(21)20-14/h4-10H,3,11H2,1-2H3. The van der Waals surface area contributed by atoms with Gasteiger partial charge in [-0.3, -0.25) is 19.3 Å². The Morgan fingerprint density at radius 3 is 2.75 bits per heavy atom. The van der Waals surface area contributed by atoms with Gasteiger partial charge in [0.05, 0.1) is 22.8 Å². The summed E-state index contributed by atoms with van der Waals surface area (Å²) in [4.78, 5) is 39.3. The Balaban J connectivity index is 1.80. The molecule has 0 spiro atoms. The van der Waals surface area contributed by atoms with Crippen LogP contribution in [0.5, 0.6) is 5.75 Å². The van der Waals surface area contributed by atoms with Gasteiger partial charge >= 0.3 is 11.7 Å². The number of esters is 1. The molecule has 0 aliphatic heterocycles. The third kappa shape index (κ3) is 3.98. The van der Waals surface area contributed by atoms with Crippen LogP contribution in [0.4, 0.5) is 5.69 Å². The Bertz CT molecular complexity index is 1120. The van der Waals surface area contributed by atoms with Crippen LogP contribution < -0.4 is 10.3 Å². The van der Waals surface area contributed by atoms with Crippen molar-refractivity contribution in [1.82, 2.24) is 9.38 Å². The van der Waals surface area contributed by atoms with Crippen LogP contribution in [0.15, 0.2) is 47.4 Å². The third-order valence-corrected chi connectivity index (χ3v) is 3.90. The second kappa shape index (κ2) is 7.87. The Morgan fingerprint density at radius 1 is 1.25 bits per heavy atom. The Labute approximate surface area is 159 Å². The van der Waals surface area contributed by atoms with E-state index in [1.54, 1.807) is 19.2 Å². The molecular formula is C19H17N3O6. The number of nitrogens with zero attached hydrogens (tertiary/aromatic N) is 3. The molecule has 0 amide bonds. The first-order valence-electron chi connectivity index (χ1n) is 8.46. The molecule has 0 radical (unpaired) electrons. The number of rotatable bonds is 6. The molecular weight excluding hydrogens is 366 g/mol. The van der Waals surface area contributed by atoms with Gasteiger partial charge in [0.25, 0.3) is 5.56 Å². The molecule has 3 aromatic rings. The Kier molecular flexibility index (Phi) is 5.35. The van der Waals surface area contributed by atoms with Gasteiger partial charge in [-0.1, -0.05) is 6.07 Å². The first-order valence-corrected chi connectivity index (χ1v) is 8.46. The number of nitro benzene ring substituents is 1. The molecule has 1 aromatic carbocycles. The van der Waals surface area contributed by atoms with Gasteiger partial charge in [-0.15, -0.1) is 0 Å². The van der Waals surface area contributed by atoms with Crippen molar-refractivity contribution in [3.8, 4) is 5.75 Å². The lowest BCUT2D eigenvalue weighted by molar-refractivity contribution is -0.385. The number of ether oxygens (including phenoxy) is 2. The lowest BCUT2D eigenvalue weighted by atomic mass is 10.2. The summed E-state index contributed by atoms with van der Waals surface area (Å²) < 4.78 is 11.7. The highest BCUT2D eigenvalue weighted by molar-refractivity contribution is 5.90. The van der Waals surface area contributed by atoms with Crippen LogP contribution >= 0.6 is 0 Å². The number of pyridine rings is 1. The Morgan fingerprint density at radius 2 is 2.04 bits per heavy atom. The van der Waals surface area contributed by atoms with Crippen LogP contribution in [-0.2, 0) is 11.3 Å². The van der Waals surface area contributed by atoms with E-state index in [2.05, 4.69) is 4.98 Å². The van der Waals surface area contributed by atoms with Gasteiger partial charge in [-0.05, 0) is 37.6 Å². The van der Waals surface area contributed by atoms with Crippen molar-refractivity contribution in [1.29, 1.82) is 0 Å². The van der Waals surface area contributed by atoms with Crippen molar-refractivity contribution in [2.45, 2.75) is 20.5 Å². The lowest BCUT2D eigenvalue weighted by Gasteiger charge is -2.08. The summed E-state index contributed by atoms with van der Waals surface area (Å²) in [5.74, 6) is -0.694. The summed E-state index contributed by atoms with van der Waals surface area (Å²) in [5.41, 5.74) is 1.00. The van der Waals surface area contributed by atoms with Crippen LogP contribution in [0.2, 0.25) is 0 Å². The van der Waals surface area contributed by atoms with E-state index in [-0.39, 0.29) is 41.5 Å². The van der Waals surface area contributed by atoms with Crippen LogP contribution in [0, 0.1) is 17.0 Å². The highest BCUT2D eigenvalue weighted by atomic mass is 16.6. The monoisotopic (exact) mass is 383 g/mol. The van der Waals surface area contributed by atoms with Gasteiger partial charge < -0.3 is 9.47 Å². The number of aromatic nitrogens is 2. The average Bonchev–Trinajstić information content (AvgIpc) is 2.67. The van der Waals surface area contributed by atoms with Gasteiger partial charge in [0.2, 0.25) is 0 Å². The normalized spacial score (nSPS) is 10.6. The SMILES string of the molecule is CCOc1ccc(C(=O)OCc2cc(=O)n3cc(C)ccc3n2)cc1[N+](=O)[O-]. The topological polar surface area (TPSA) is 113 Å². The first-order chi connectivity index (χ1) is 13.4. The fourth-order valence-corrected chi connectivity index (χ4v) is 2.62. The zero-order valence-electron chi connectivity index (χ0n) is 15.2. The van der Waals surface area contributed by atoms with E-state index < -0.39 is 10.9 Å². The second-order valence-corrected chi connectivity index (χ2v) is 5.97. The summed E-state index contributed by atoms with van der Waals surface area (Å²) in [5, 5.41) is 11.2. The van der Waals surface area contributed by atoms with Gasteiger partial charge in [0.1, 0.15) is 12.3 Å². The lowest BCUT2D eigenvalue weighted by Crippen LogP contribution is -2.17. The molecule has 2 heterocycles. The number of hydrogen-bond donors (Lipinski definition) is 0. The zero-order chi connectivity index (χ0) is 20.3. The van der Waals surface area contributed by atoms with Crippen molar-refractivity contribution in [2.24, 2.45) is 0 Å². The van der Waals surface area contributed by atoms with Crippen LogP contribution in [0.1, 0.15) is 28.5 Å². The number of carbonyl (C=O) groups excluding carboxylic acids is 1. The molecule has 9 nitrogen and oxygen atoms in total. The molecule has 2 aromatic heterocycles. The van der Waals surface area contributed by atoms with Crippen LogP contribution in [-0.4, -0.2) is 26.9 Å². The molecule has 0 fully saturated rings. The minimum atomic E-state index is -0.767. The van der Waals surface area contributed by atoms with Gasteiger partial charge in [0, 0.05) is 18.3 Å². The predicted molar refractivity (Wildman–Crippen MR) is 99.6 cm³/mol. The van der Waals surface area contributed by atoms with Gasteiger partial charge in [-0.2, -0.15) is 0 Å². The van der Waals surface area contributed by atoms with E-state index in [1.165, 1.54) is 22.6 Å². The minimum Gasteiger partial charge on any atom is -0.487 e. The van der Waals surface area contributed by atoms with Crippen molar-refractivity contribution < 1.29 is 19.2 Å². The summed E-state index contributed by atoms with van der Waals surface area (Å²) in [6.07, 6.45) is 1.67. The fourth-order valence-electron chi connectivity index (χ4n) is 2.62. The smallest absolute Gasteiger partial charge is 0.338 e. The van der Waals surface area contributed by atoms with E-state index in [4.69, 9.17) is 9.47 Å². The molecule has 0 saturated carbocycles. The maximum Gasteiger partial charge on any atom is 0.338 e. The van der Waals surface area contributed by atoms with Crippen LogP contribution in [0.25, 0.3) is 5.65 Å². The van der Waals surface area contributed by atoms with Gasteiger partial charge in [0.15, 0.2) is 5.75 Å². The number of nitro groups is 1. The number of fused-ring (bicyclic) bond motifs is 1. The molecule has 0 aliphatic carbocycles. The van der Waals surface area contributed by atoms with Crippen LogP contribution in [0.3, 0.4) is 0 Å². The van der Waals surface area contributed by atoms with Gasteiger partial charge in [-0.25, -0.2) is 9.78 Å². The maximum absolute atomic E-state index is 12.3. The molecule has 9 heteroatoms. The highest BCUT2D eigenvalue weighted by Gasteiger charge is 2.19. The molecule has 144 valence electrons. The quantitative estimate of drug-likeness (QED) is 0.365. The molecule has 0 N–H and O–H groups in total. The van der Waals surface area contributed by atoms with Crippen molar-refractivity contribution >= 4 is 17.3 Å². The largest absolute Gasteiger partial charge is 0.487 e. The first kappa shape index (κ1) is 19.0. The fraction of sp³-hybridized carbons (Fsp3) is 0.211. The van der Waals surface area contributed by atoms with E-state index in [0.717, 1.165) is 11.6 Å². The summed E-state index contributed by atoms with van der Waals surface area (Å²) in [6.45, 7) is 3.58. The molecule has 0 saturated heterocycles. The summed E-state index contributed by atoms with van der Waals surface area (Å²) in [7, 11) is 0. The van der Waals surface area contributed by atoms with Crippen molar-refractivity contribution in [2.75, 3.05) is 6.61 Å². The maximum atomic E-state index is 12.3. The molecule has 0 aliphatic rings. The average molecular weight is 383 g/mol. The molecule has 28 heavy (non-hydrogen) atoms. The van der Waals surface area contributed by atoms with Crippen molar-refractivity contribution in [3.05, 3.63) is 79.9 Å². The second-order valence-electron chi connectivity index (χ2n) is 5.97. The number of aryl methyl sites for hydroxylation is 1. The molecule has 0 atom stereocenters. The van der Waals surface area contributed by atoms with Crippen molar-refractivity contribution in [3.63, 3.8) is 0 Å². The van der Waals surface area contributed by atoms with E-state index in [9.17, 15) is 19.7 Å². The van der Waals surface area contributed by atoms with E-state index >= 15 is 0 Å². The number of benzene rings is 1. The minimum absolute atomic E-state index is 0.00305. The molecule has 0 bridgehead atoms. The molecule has 0 unspecified atom stereocenters. The zero-order valence-corrected chi connectivity index (χ0v) is 15.2. The third-order valence-electron chi connectivity index (χ3n) is 3.90. The number of hydrogen-bond acceptors (Lipinski definition) is 7.